The Labute approximate surface area is 156 Å². The van der Waals surface area contributed by atoms with E-state index in [0.29, 0.717) is 6.54 Å². The van der Waals surface area contributed by atoms with E-state index in [0.717, 1.165) is 33.5 Å². The molecule has 4 heteroatoms. The Balaban J connectivity index is 2.08. The topological polar surface area (TPSA) is 58.2 Å². The van der Waals surface area contributed by atoms with Crippen molar-refractivity contribution in [2.45, 2.75) is 48.1 Å². The smallest absolute Gasteiger partial charge is 0.239 e. The molecule has 0 bridgehead atoms. The minimum Gasteiger partial charge on any atom is -0.351 e. The van der Waals surface area contributed by atoms with Gasteiger partial charge in [-0.25, -0.2) is 0 Å². The molecule has 2 rings (SSSR count). The highest BCUT2D eigenvalue weighted by atomic mass is 16.2. The molecule has 4 nitrogen and oxygen atoms in total. The monoisotopic (exact) mass is 352 g/mol. The van der Waals surface area contributed by atoms with Crippen LogP contribution in [0.4, 0.5) is 5.69 Å². The van der Waals surface area contributed by atoms with Crippen molar-refractivity contribution >= 4 is 17.5 Å². The number of nitrogens with one attached hydrogen (secondary N) is 2. The maximum absolute atomic E-state index is 12.8. The summed E-state index contributed by atoms with van der Waals surface area (Å²) in [4.78, 5) is 25.4. The number of hydrogen-bond acceptors (Lipinski definition) is 2. The molecule has 26 heavy (non-hydrogen) atoms. The maximum Gasteiger partial charge on any atom is 0.239 e. The van der Waals surface area contributed by atoms with Gasteiger partial charge in [0.1, 0.15) is 5.41 Å². The molecule has 0 saturated carbocycles. The summed E-state index contributed by atoms with van der Waals surface area (Å²) in [6.07, 6.45) is 0. The molecule has 2 N–H and O–H groups in total. The van der Waals surface area contributed by atoms with Gasteiger partial charge in [0, 0.05) is 12.2 Å². The second kappa shape index (κ2) is 7.73. The number of amides is 2. The predicted octanol–water partition coefficient (Wildman–Crippen LogP) is 4.20. The first-order valence-electron chi connectivity index (χ1n) is 8.84. The molecule has 0 unspecified atom stereocenters. The van der Waals surface area contributed by atoms with E-state index in [2.05, 4.69) is 10.6 Å². The first kappa shape index (κ1) is 19.7. The van der Waals surface area contributed by atoms with Gasteiger partial charge in [0.05, 0.1) is 0 Å². The molecule has 138 valence electrons. The SMILES string of the molecule is Cc1cccc(CNC(=O)C(C)(C)C(=O)Nc2c(C)cc(C)cc2C)c1. The third-order valence-electron chi connectivity index (χ3n) is 4.59. The number of hydrogen-bond donors (Lipinski definition) is 2. The van der Waals surface area contributed by atoms with Crippen LogP contribution in [0.2, 0.25) is 0 Å². The number of aryl methyl sites for hydroxylation is 4. The Morgan fingerprint density at radius 3 is 2.08 bits per heavy atom. The number of rotatable bonds is 5. The summed E-state index contributed by atoms with van der Waals surface area (Å²) in [6.45, 7) is 11.6. The van der Waals surface area contributed by atoms with Gasteiger partial charge in [-0.15, -0.1) is 0 Å². The highest BCUT2D eigenvalue weighted by Crippen LogP contribution is 2.25. The Bertz CT molecular complexity index is 815. The number of carbonyl (C=O) groups excluding carboxylic acids is 2. The van der Waals surface area contributed by atoms with Crippen LogP contribution < -0.4 is 10.6 Å². The molecule has 2 aromatic carbocycles. The van der Waals surface area contributed by atoms with Crippen LogP contribution in [0, 0.1) is 33.1 Å². The van der Waals surface area contributed by atoms with Crippen LogP contribution in [0.3, 0.4) is 0 Å². The first-order chi connectivity index (χ1) is 12.1. The zero-order valence-electron chi connectivity index (χ0n) is 16.5. The molecule has 0 heterocycles. The highest BCUT2D eigenvalue weighted by Gasteiger charge is 2.36. The molecule has 2 amide bonds. The lowest BCUT2D eigenvalue weighted by atomic mass is 9.90. The van der Waals surface area contributed by atoms with Gasteiger partial charge in [-0.2, -0.15) is 0 Å². The average molecular weight is 352 g/mol. The van der Waals surface area contributed by atoms with Gasteiger partial charge in [0.15, 0.2) is 0 Å². The van der Waals surface area contributed by atoms with Gasteiger partial charge in [0.25, 0.3) is 0 Å². The number of anilines is 1. The Kier molecular flexibility index (Phi) is 5.86. The molecule has 2 aromatic rings. The van der Waals surface area contributed by atoms with Crippen molar-refractivity contribution in [2.75, 3.05) is 5.32 Å². The molecular weight excluding hydrogens is 324 g/mol. The maximum atomic E-state index is 12.8. The van der Waals surface area contributed by atoms with E-state index >= 15 is 0 Å². The van der Waals surface area contributed by atoms with E-state index in [4.69, 9.17) is 0 Å². The fourth-order valence-corrected chi connectivity index (χ4v) is 2.98. The van der Waals surface area contributed by atoms with Crippen LogP contribution in [-0.2, 0) is 16.1 Å². The third kappa shape index (κ3) is 4.51. The summed E-state index contributed by atoms with van der Waals surface area (Å²) >= 11 is 0. The first-order valence-corrected chi connectivity index (χ1v) is 8.84. The van der Waals surface area contributed by atoms with Crippen molar-refractivity contribution in [1.82, 2.24) is 5.32 Å². The second-order valence-corrected chi connectivity index (χ2v) is 7.52. The summed E-state index contributed by atoms with van der Waals surface area (Å²) in [6, 6.07) is 12.0. The van der Waals surface area contributed by atoms with Crippen molar-refractivity contribution in [3.8, 4) is 0 Å². The lowest BCUT2D eigenvalue weighted by Gasteiger charge is -2.24. The summed E-state index contributed by atoms with van der Waals surface area (Å²) < 4.78 is 0. The molecule has 0 spiro atoms. The minimum absolute atomic E-state index is 0.293. The largest absolute Gasteiger partial charge is 0.351 e. The van der Waals surface area contributed by atoms with Crippen LogP contribution in [0.5, 0.6) is 0 Å². The van der Waals surface area contributed by atoms with Crippen LogP contribution in [-0.4, -0.2) is 11.8 Å². The fourth-order valence-electron chi connectivity index (χ4n) is 2.98. The lowest BCUT2D eigenvalue weighted by molar-refractivity contribution is -0.138. The van der Waals surface area contributed by atoms with Crippen molar-refractivity contribution in [3.63, 3.8) is 0 Å². The van der Waals surface area contributed by atoms with Gasteiger partial charge in [-0.1, -0.05) is 47.5 Å². The van der Waals surface area contributed by atoms with Crippen LogP contribution >= 0.6 is 0 Å². The van der Waals surface area contributed by atoms with Crippen molar-refractivity contribution in [2.24, 2.45) is 5.41 Å². The number of benzene rings is 2. The summed E-state index contributed by atoms with van der Waals surface area (Å²) in [5.41, 5.74) is 4.89. The zero-order chi connectivity index (χ0) is 19.5. The van der Waals surface area contributed by atoms with E-state index in [1.54, 1.807) is 13.8 Å². The van der Waals surface area contributed by atoms with Gasteiger partial charge < -0.3 is 10.6 Å². The molecule has 0 aliphatic heterocycles. The molecule has 0 aliphatic carbocycles. The standard InChI is InChI=1S/C22H28N2O2/c1-14-8-7-9-18(12-14)13-23-20(25)22(5,6)21(26)24-19-16(3)10-15(2)11-17(19)4/h7-12H,13H2,1-6H3,(H,23,25)(H,24,26). The van der Waals surface area contributed by atoms with Crippen LogP contribution in [0.1, 0.15) is 41.7 Å². The van der Waals surface area contributed by atoms with E-state index in [-0.39, 0.29) is 11.8 Å². The third-order valence-corrected chi connectivity index (χ3v) is 4.59. The van der Waals surface area contributed by atoms with E-state index in [1.807, 2.05) is 64.1 Å². The van der Waals surface area contributed by atoms with Crippen LogP contribution in [0.15, 0.2) is 36.4 Å². The molecule has 0 atom stereocenters. The molecular formula is C22H28N2O2. The normalized spacial score (nSPS) is 11.2. The fraction of sp³-hybridized carbons (Fsp3) is 0.364. The molecule has 0 saturated heterocycles. The Morgan fingerprint density at radius 2 is 1.50 bits per heavy atom. The number of carbonyl (C=O) groups is 2. The van der Waals surface area contributed by atoms with Crippen molar-refractivity contribution in [3.05, 3.63) is 64.2 Å². The van der Waals surface area contributed by atoms with Gasteiger partial charge >= 0.3 is 0 Å². The Morgan fingerprint density at radius 1 is 0.885 bits per heavy atom. The summed E-state index contributed by atoms with van der Waals surface area (Å²) in [5.74, 6) is -0.604. The molecule has 0 radical (unpaired) electrons. The predicted molar refractivity (Wildman–Crippen MR) is 106 cm³/mol. The summed E-state index contributed by atoms with van der Waals surface area (Å²) in [7, 11) is 0. The van der Waals surface area contributed by atoms with Crippen molar-refractivity contribution in [1.29, 1.82) is 0 Å². The van der Waals surface area contributed by atoms with E-state index in [1.165, 1.54) is 0 Å². The lowest BCUT2D eigenvalue weighted by Crippen LogP contribution is -2.45. The van der Waals surface area contributed by atoms with E-state index in [9.17, 15) is 9.59 Å². The van der Waals surface area contributed by atoms with Gasteiger partial charge in [0.2, 0.25) is 11.8 Å². The second-order valence-electron chi connectivity index (χ2n) is 7.52. The average Bonchev–Trinajstić information content (AvgIpc) is 2.55. The van der Waals surface area contributed by atoms with Crippen molar-refractivity contribution < 1.29 is 9.59 Å². The summed E-state index contributed by atoms with van der Waals surface area (Å²) in [5, 5.41) is 5.81. The zero-order valence-corrected chi connectivity index (χ0v) is 16.5. The van der Waals surface area contributed by atoms with Gasteiger partial charge in [-0.05, 0) is 58.2 Å². The molecule has 0 aliphatic rings. The quantitative estimate of drug-likeness (QED) is 0.792. The van der Waals surface area contributed by atoms with Gasteiger partial charge in [-0.3, -0.25) is 9.59 Å². The molecule has 0 aromatic heterocycles. The Hall–Kier alpha value is -2.62. The molecule has 0 fully saturated rings. The minimum atomic E-state index is -1.17. The van der Waals surface area contributed by atoms with E-state index < -0.39 is 5.41 Å². The highest BCUT2D eigenvalue weighted by molar-refractivity contribution is 6.10. The van der Waals surface area contributed by atoms with Crippen LogP contribution in [0.25, 0.3) is 0 Å².